The first-order valence-electron chi connectivity index (χ1n) is 9.61. The predicted octanol–water partition coefficient (Wildman–Crippen LogP) is 3.03. The van der Waals surface area contributed by atoms with E-state index in [0.29, 0.717) is 30.7 Å². The van der Waals surface area contributed by atoms with Gasteiger partial charge in [-0.25, -0.2) is 0 Å². The van der Waals surface area contributed by atoms with E-state index in [4.69, 9.17) is 10.5 Å². The van der Waals surface area contributed by atoms with Crippen LogP contribution in [0.25, 0.3) is 0 Å². The van der Waals surface area contributed by atoms with Gasteiger partial charge in [0.2, 0.25) is 5.91 Å². The number of amides is 1. The molecule has 1 saturated heterocycles. The quantitative estimate of drug-likeness (QED) is 0.488. The highest BCUT2D eigenvalue weighted by molar-refractivity contribution is 5.93. The van der Waals surface area contributed by atoms with Crippen LogP contribution in [0.5, 0.6) is 5.75 Å². The van der Waals surface area contributed by atoms with E-state index < -0.39 is 4.92 Å². The van der Waals surface area contributed by atoms with Crippen molar-refractivity contribution in [2.75, 3.05) is 38.6 Å². The van der Waals surface area contributed by atoms with E-state index in [1.165, 1.54) is 24.8 Å². The summed E-state index contributed by atoms with van der Waals surface area (Å²) in [5.74, 6) is 0.812. The summed E-state index contributed by atoms with van der Waals surface area (Å²) in [6.45, 7) is 2.86. The first-order valence-corrected chi connectivity index (χ1v) is 9.61. The van der Waals surface area contributed by atoms with Crippen molar-refractivity contribution in [1.29, 1.82) is 0 Å². The van der Waals surface area contributed by atoms with Crippen LogP contribution in [-0.4, -0.2) is 49.0 Å². The van der Waals surface area contributed by atoms with Gasteiger partial charge in [-0.2, -0.15) is 0 Å². The molecule has 0 saturated carbocycles. The summed E-state index contributed by atoms with van der Waals surface area (Å²) in [6, 6.07) is 14.7. The lowest BCUT2D eigenvalue weighted by atomic mass is 9.89. The van der Waals surface area contributed by atoms with E-state index in [-0.39, 0.29) is 36.1 Å². The second-order valence-electron chi connectivity index (χ2n) is 7.21. The number of anilines is 1. The van der Waals surface area contributed by atoms with Gasteiger partial charge in [0.1, 0.15) is 11.4 Å². The lowest BCUT2D eigenvalue weighted by Gasteiger charge is -2.16. The molecule has 0 spiro atoms. The van der Waals surface area contributed by atoms with Gasteiger partial charge in [0, 0.05) is 32.0 Å². The van der Waals surface area contributed by atoms with Crippen molar-refractivity contribution >= 4 is 29.7 Å². The number of hydrogen-bond donors (Lipinski definition) is 2. The number of likely N-dealkylation sites (tertiary alicyclic amines) is 1. The molecule has 0 aliphatic carbocycles. The molecule has 9 heteroatoms. The van der Waals surface area contributed by atoms with Crippen molar-refractivity contribution in [3.8, 4) is 5.75 Å². The van der Waals surface area contributed by atoms with Crippen molar-refractivity contribution < 1.29 is 14.5 Å². The lowest BCUT2D eigenvalue weighted by Crippen LogP contribution is -2.27. The molecule has 0 unspecified atom stereocenters. The number of ether oxygens (including phenoxy) is 1. The predicted molar refractivity (Wildman–Crippen MR) is 118 cm³/mol. The second kappa shape index (κ2) is 10.9. The van der Waals surface area contributed by atoms with Crippen molar-refractivity contribution in [3.05, 3.63) is 64.2 Å². The highest BCUT2D eigenvalue weighted by atomic mass is 35.5. The number of nitrogens with one attached hydrogen (secondary N) is 1. The molecule has 2 atom stereocenters. The highest BCUT2D eigenvalue weighted by Crippen LogP contribution is 2.32. The summed E-state index contributed by atoms with van der Waals surface area (Å²) < 4.78 is 5.01. The van der Waals surface area contributed by atoms with Gasteiger partial charge in [-0.1, -0.05) is 30.3 Å². The molecule has 1 aliphatic rings. The molecule has 162 valence electrons. The number of nitrogens with zero attached hydrogens (tertiary/aromatic N) is 2. The van der Waals surface area contributed by atoms with Crippen LogP contribution < -0.4 is 15.8 Å². The third-order valence-corrected chi connectivity index (χ3v) is 5.38. The monoisotopic (exact) mass is 434 g/mol. The Hall–Kier alpha value is -2.68. The maximum atomic E-state index is 12.4. The molecule has 1 aliphatic heterocycles. The Morgan fingerprint density at radius 3 is 2.63 bits per heavy atom. The molecule has 0 aromatic heterocycles. The van der Waals surface area contributed by atoms with Gasteiger partial charge in [0.25, 0.3) is 5.69 Å². The van der Waals surface area contributed by atoms with Crippen LogP contribution in [0, 0.1) is 16.0 Å². The zero-order valence-electron chi connectivity index (χ0n) is 16.8. The Morgan fingerprint density at radius 2 is 2.00 bits per heavy atom. The first kappa shape index (κ1) is 23.6. The molecule has 1 amide bonds. The molecule has 3 N–H and O–H groups in total. The van der Waals surface area contributed by atoms with E-state index in [9.17, 15) is 14.9 Å². The first-order chi connectivity index (χ1) is 14.0. The van der Waals surface area contributed by atoms with Gasteiger partial charge in [-0.3, -0.25) is 14.9 Å². The van der Waals surface area contributed by atoms with Crippen molar-refractivity contribution in [1.82, 2.24) is 4.90 Å². The van der Waals surface area contributed by atoms with E-state index >= 15 is 0 Å². The standard InChI is InChI=1S/C21H26N4O4.ClH/c1-29-17-7-8-19(20(11-17)25(27)28)23-21(26)9-10-24-13-16(12-22)18(14-24)15-5-3-2-4-6-15;/h2-8,11,16,18H,9-10,12-14,22H2,1H3,(H,23,26);1H/t16-,18+;/m1./s1. The minimum Gasteiger partial charge on any atom is -0.496 e. The highest BCUT2D eigenvalue weighted by Gasteiger charge is 2.32. The average Bonchev–Trinajstić information content (AvgIpc) is 3.16. The van der Waals surface area contributed by atoms with Gasteiger partial charge in [-0.15, -0.1) is 12.4 Å². The Balaban J connectivity index is 0.00000320. The number of nitrogens with two attached hydrogens (primary N) is 1. The van der Waals surface area contributed by atoms with E-state index in [2.05, 4.69) is 22.3 Å². The summed E-state index contributed by atoms with van der Waals surface area (Å²) in [6.07, 6.45) is 0.252. The van der Waals surface area contributed by atoms with Crippen LogP contribution in [0.1, 0.15) is 17.9 Å². The summed E-state index contributed by atoms with van der Waals surface area (Å²) in [5, 5.41) is 13.9. The van der Waals surface area contributed by atoms with E-state index in [1.54, 1.807) is 6.07 Å². The minimum atomic E-state index is -0.533. The molecule has 2 aromatic carbocycles. The van der Waals surface area contributed by atoms with Crippen LogP contribution in [0.15, 0.2) is 48.5 Å². The smallest absolute Gasteiger partial charge is 0.296 e. The van der Waals surface area contributed by atoms with Gasteiger partial charge < -0.3 is 20.7 Å². The molecule has 2 aromatic rings. The summed E-state index contributed by atoms with van der Waals surface area (Å²) in [5.41, 5.74) is 7.22. The van der Waals surface area contributed by atoms with Crippen molar-refractivity contribution in [2.24, 2.45) is 11.7 Å². The number of carbonyl (C=O) groups excluding carboxylic acids is 1. The summed E-state index contributed by atoms with van der Waals surface area (Å²) in [7, 11) is 1.44. The molecule has 3 rings (SSSR count). The number of benzene rings is 2. The van der Waals surface area contributed by atoms with Gasteiger partial charge in [0.05, 0.1) is 18.1 Å². The minimum absolute atomic E-state index is 0. The van der Waals surface area contributed by atoms with Gasteiger partial charge in [0.15, 0.2) is 0 Å². The van der Waals surface area contributed by atoms with Gasteiger partial charge in [-0.05, 0) is 30.2 Å². The number of rotatable bonds is 8. The number of halogens is 1. The van der Waals surface area contributed by atoms with Crippen LogP contribution in [0.3, 0.4) is 0 Å². The summed E-state index contributed by atoms with van der Waals surface area (Å²) in [4.78, 5) is 25.3. The Kier molecular flexibility index (Phi) is 8.58. The number of hydrogen-bond acceptors (Lipinski definition) is 6. The molecule has 1 heterocycles. The molecule has 0 radical (unpaired) electrons. The molecular formula is C21H27ClN4O4. The number of nitro benzene ring substituents is 1. The SMILES string of the molecule is COc1ccc(NC(=O)CCN2C[C@@H](CN)[C@H](c3ccccc3)C2)c([N+](=O)[O-])c1.Cl. The topological polar surface area (TPSA) is 111 Å². The lowest BCUT2D eigenvalue weighted by molar-refractivity contribution is -0.384. The zero-order valence-corrected chi connectivity index (χ0v) is 17.6. The molecule has 30 heavy (non-hydrogen) atoms. The maximum Gasteiger partial charge on any atom is 0.296 e. The Bertz CT molecular complexity index is 865. The molecule has 1 fully saturated rings. The summed E-state index contributed by atoms with van der Waals surface area (Å²) >= 11 is 0. The number of methoxy groups -OCH3 is 1. The third-order valence-electron chi connectivity index (χ3n) is 5.38. The zero-order chi connectivity index (χ0) is 20.8. The van der Waals surface area contributed by atoms with Crippen molar-refractivity contribution in [3.63, 3.8) is 0 Å². The van der Waals surface area contributed by atoms with E-state index in [1.807, 2.05) is 18.2 Å². The number of nitro groups is 1. The molecular weight excluding hydrogens is 408 g/mol. The van der Waals surface area contributed by atoms with E-state index in [0.717, 1.165) is 13.1 Å². The largest absolute Gasteiger partial charge is 0.496 e. The van der Waals surface area contributed by atoms with Crippen LogP contribution in [-0.2, 0) is 4.79 Å². The Morgan fingerprint density at radius 1 is 1.27 bits per heavy atom. The second-order valence-corrected chi connectivity index (χ2v) is 7.21. The van der Waals surface area contributed by atoms with Crippen LogP contribution in [0.4, 0.5) is 11.4 Å². The molecule has 8 nitrogen and oxygen atoms in total. The van der Waals surface area contributed by atoms with Gasteiger partial charge >= 0.3 is 0 Å². The maximum absolute atomic E-state index is 12.4. The van der Waals surface area contributed by atoms with Crippen LogP contribution >= 0.6 is 12.4 Å². The van der Waals surface area contributed by atoms with Crippen LogP contribution in [0.2, 0.25) is 0 Å². The third kappa shape index (κ3) is 5.69. The fourth-order valence-corrected chi connectivity index (χ4v) is 3.83. The Labute approximate surface area is 181 Å². The average molecular weight is 435 g/mol. The molecule has 0 bridgehead atoms. The fourth-order valence-electron chi connectivity index (χ4n) is 3.83. The van der Waals surface area contributed by atoms with Crippen molar-refractivity contribution in [2.45, 2.75) is 12.3 Å². The number of carbonyl (C=O) groups is 1. The normalized spacial score (nSPS) is 18.5. The fraction of sp³-hybridized carbons (Fsp3) is 0.381.